The number of anilines is 2. The second-order valence-electron chi connectivity index (χ2n) is 5.86. The van der Waals surface area contributed by atoms with E-state index in [0.29, 0.717) is 11.3 Å². The number of thiazole rings is 1. The molecule has 1 heterocycles. The van der Waals surface area contributed by atoms with Gasteiger partial charge in [-0.1, -0.05) is 48.3 Å². The molecule has 152 valence electrons. The number of aryl methyl sites for hydroxylation is 1. The summed E-state index contributed by atoms with van der Waals surface area (Å²) >= 11 is 0.716. The number of nitrogens with one attached hydrogen (secondary N) is 1. The van der Waals surface area contributed by atoms with Crippen LogP contribution in [0.2, 0.25) is 0 Å². The SMILES string of the molecule is [2H]c1sc(N)nc1C([2H])([2H])C(=O)Nc1ccc(C([2H])([2H])CCC([2H])([2H])[C@]([2H])(O)c2c([2H])c([2H])c(C)c([2H])c2[2H])cc1. The van der Waals surface area contributed by atoms with E-state index < -0.39 is 79.4 Å². The first kappa shape index (κ1) is 10.4. The highest BCUT2D eigenvalue weighted by atomic mass is 32.1. The molecular weight excluding hydrogens is 382 g/mol. The fraction of sp³-hybridized carbons (Fsp3) is 0.304. The van der Waals surface area contributed by atoms with E-state index in [9.17, 15) is 9.90 Å². The molecule has 0 aliphatic rings. The minimum Gasteiger partial charge on any atom is -0.388 e. The third kappa shape index (κ3) is 6.69. The molecular formula is C23H27N3O2S. The first-order valence-electron chi connectivity index (χ1n) is 14.6. The number of aliphatic hydroxyl groups is 1. The van der Waals surface area contributed by atoms with E-state index in [1.807, 2.05) is 0 Å². The zero-order valence-corrected chi connectivity index (χ0v) is 16.3. The molecule has 1 amide bonds. The number of amides is 1. The van der Waals surface area contributed by atoms with Gasteiger partial charge in [-0.2, -0.15) is 0 Å². The largest absolute Gasteiger partial charge is 0.388 e. The number of rotatable bonds is 9. The zero-order valence-electron chi connectivity index (χ0n) is 27.5. The average Bonchev–Trinajstić information content (AvgIpc) is 3.23. The standard InChI is InChI=1S/C23H27N3O2S/c1-16-6-10-18(11-7-16)21(27)5-3-2-4-17-8-12-19(13-9-17)25-22(28)14-20-15-29-23(24)26-20/h6-13,15,21,27H,2-5,14H2,1H3,(H2,24,26)(H,25,28)/t21-/m0/s1/i4D2,5D2,6D,7D,10D,11D,14D2,15D,21D. The van der Waals surface area contributed by atoms with E-state index in [0.717, 1.165) is 0 Å². The lowest BCUT2D eigenvalue weighted by molar-refractivity contribution is -0.115. The maximum atomic E-state index is 12.6. The number of carbonyl (C=O) groups is 1. The molecule has 0 aliphatic heterocycles. The van der Waals surface area contributed by atoms with Crippen LogP contribution >= 0.6 is 11.3 Å². The van der Waals surface area contributed by atoms with Crippen LogP contribution in [0.4, 0.5) is 10.8 Å². The van der Waals surface area contributed by atoms with Gasteiger partial charge >= 0.3 is 0 Å². The average molecular weight is 422 g/mol. The lowest BCUT2D eigenvalue weighted by Gasteiger charge is -2.11. The molecule has 0 saturated carbocycles. The predicted molar refractivity (Wildman–Crippen MR) is 119 cm³/mol. The number of nitrogen functional groups attached to an aromatic ring is 1. The minimum atomic E-state index is -3.23. The van der Waals surface area contributed by atoms with Gasteiger partial charge in [-0.05, 0) is 49.4 Å². The molecule has 6 heteroatoms. The summed E-state index contributed by atoms with van der Waals surface area (Å²) < 4.78 is 97.7. The second kappa shape index (κ2) is 10.2. The molecule has 0 radical (unpaired) electrons. The summed E-state index contributed by atoms with van der Waals surface area (Å²) in [6.07, 6.45) is -12.3. The molecule has 1 atom stereocenters. The molecule has 5 nitrogen and oxygen atoms in total. The van der Waals surface area contributed by atoms with Crippen molar-refractivity contribution in [3.8, 4) is 0 Å². The molecule has 1 aromatic heterocycles. The van der Waals surface area contributed by atoms with E-state index >= 15 is 0 Å². The third-order valence-corrected chi connectivity index (χ3v) is 4.18. The second-order valence-corrected chi connectivity index (χ2v) is 6.69. The first-order valence-corrected chi connectivity index (χ1v) is 9.42. The number of carbonyl (C=O) groups excluding carboxylic acids is 1. The Morgan fingerprint density at radius 1 is 1.31 bits per heavy atom. The summed E-state index contributed by atoms with van der Waals surface area (Å²) in [4.78, 5) is 16.3. The maximum Gasteiger partial charge on any atom is 0.230 e. The van der Waals surface area contributed by atoms with Crippen molar-refractivity contribution in [2.45, 2.75) is 45.0 Å². The predicted octanol–water partition coefficient (Wildman–Crippen LogP) is 4.66. The van der Waals surface area contributed by atoms with Gasteiger partial charge in [-0.25, -0.2) is 4.98 Å². The van der Waals surface area contributed by atoms with Crippen LogP contribution in [0.1, 0.15) is 64.1 Å². The molecule has 0 fully saturated rings. The van der Waals surface area contributed by atoms with Crippen molar-refractivity contribution in [3.05, 3.63) is 76.2 Å². The summed E-state index contributed by atoms with van der Waals surface area (Å²) in [6, 6.07) is 2.61. The fourth-order valence-electron chi connectivity index (χ4n) is 2.22. The maximum absolute atomic E-state index is 12.6. The van der Waals surface area contributed by atoms with Gasteiger partial charge in [-0.3, -0.25) is 4.79 Å². The summed E-state index contributed by atoms with van der Waals surface area (Å²) in [5.74, 6) is -1.12. The van der Waals surface area contributed by atoms with E-state index in [2.05, 4.69) is 10.3 Å². The number of hydrogen-bond acceptors (Lipinski definition) is 5. The minimum absolute atomic E-state index is 0.0267. The van der Waals surface area contributed by atoms with Gasteiger partial charge in [0.05, 0.1) is 26.4 Å². The summed E-state index contributed by atoms with van der Waals surface area (Å²) in [5.41, 5.74) is 4.33. The Hall–Kier alpha value is -2.70. The summed E-state index contributed by atoms with van der Waals surface area (Å²) in [5, 5.41) is 12.8. The van der Waals surface area contributed by atoms with Gasteiger partial charge < -0.3 is 16.2 Å². The first-order chi connectivity index (χ1) is 18.6. The van der Waals surface area contributed by atoms with Crippen molar-refractivity contribution in [1.82, 2.24) is 4.98 Å². The Kier molecular flexibility index (Phi) is 3.64. The van der Waals surface area contributed by atoms with Gasteiger partial charge in [0.15, 0.2) is 5.13 Å². The van der Waals surface area contributed by atoms with Crippen LogP contribution in [0.15, 0.2) is 53.8 Å². The lowest BCUT2D eigenvalue weighted by Crippen LogP contribution is -2.14. The Bertz CT molecular complexity index is 1450. The van der Waals surface area contributed by atoms with Crippen molar-refractivity contribution in [2.24, 2.45) is 0 Å². The van der Waals surface area contributed by atoms with E-state index in [4.69, 9.17) is 22.2 Å². The molecule has 3 aromatic rings. The number of nitrogens with two attached hydrogens (primary N) is 1. The summed E-state index contributed by atoms with van der Waals surface area (Å²) in [6.45, 7) is 1.33. The topological polar surface area (TPSA) is 88.2 Å². The van der Waals surface area contributed by atoms with Crippen molar-refractivity contribution >= 4 is 28.1 Å². The Morgan fingerprint density at radius 2 is 2.03 bits per heavy atom. The van der Waals surface area contributed by atoms with Gasteiger partial charge in [0, 0.05) is 19.3 Å². The Balaban J connectivity index is 1.77. The van der Waals surface area contributed by atoms with Crippen LogP contribution in [0.5, 0.6) is 0 Å². The number of aromatic nitrogens is 1. The highest BCUT2D eigenvalue weighted by molar-refractivity contribution is 7.13. The molecule has 0 spiro atoms. The smallest absolute Gasteiger partial charge is 0.230 e. The van der Waals surface area contributed by atoms with Crippen LogP contribution in [0, 0.1) is 6.92 Å². The number of nitrogens with zero attached hydrogens (tertiary/aromatic N) is 1. The van der Waals surface area contributed by atoms with Gasteiger partial charge in [-0.15, -0.1) is 11.3 Å². The normalized spacial score (nSPS) is 20.5. The van der Waals surface area contributed by atoms with Crippen molar-refractivity contribution < 1.29 is 26.4 Å². The zero-order chi connectivity index (χ0) is 31.3. The third-order valence-electron chi connectivity index (χ3n) is 3.58. The number of benzene rings is 2. The van der Waals surface area contributed by atoms with Crippen LogP contribution in [-0.2, 0) is 17.5 Å². The molecule has 0 unspecified atom stereocenters. The van der Waals surface area contributed by atoms with Crippen molar-refractivity contribution in [1.29, 1.82) is 0 Å². The monoisotopic (exact) mass is 421 g/mol. The lowest BCUT2D eigenvalue weighted by atomic mass is 10.0. The molecule has 3 rings (SSSR count). The van der Waals surface area contributed by atoms with Crippen LogP contribution in [0.25, 0.3) is 0 Å². The molecule has 0 saturated heterocycles. The van der Waals surface area contributed by atoms with Gasteiger partial charge in [0.25, 0.3) is 0 Å². The van der Waals surface area contributed by atoms with E-state index in [-0.39, 0.29) is 27.3 Å². The molecule has 0 bridgehead atoms. The highest BCUT2D eigenvalue weighted by Gasteiger charge is 2.08. The van der Waals surface area contributed by atoms with Gasteiger partial charge in [0.1, 0.15) is 0 Å². The quantitative estimate of drug-likeness (QED) is 0.469. The van der Waals surface area contributed by atoms with Crippen molar-refractivity contribution in [3.63, 3.8) is 0 Å². The number of hydrogen-bond donors (Lipinski definition) is 3. The van der Waals surface area contributed by atoms with E-state index in [1.54, 1.807) is 0 Å². The van der Waals surface area contributed by atoms with Crippen LogP contribution in [0.3, 0.4) is 0 Å². The fourth-order valence-corrected chi connectivity index (χ4v) is 2.66. The van der Waals surface area contributed by atoms with Crippen molar-refractivity contribution in [2.75, 3.05) is 11.1 Å². The Morgan fingerprint density at radius 3 is 2.69 bits per heavy atom. The highest BCUT2D eigenvalue weighted by Crippen LogP contribution is 2.21. The molecule has 2 aromatic carbocycles. The molecule has 4 N–H and O–H groups in total. The summed E-state index contributed by atoms with van der Waals surface area (Å²) in [7, 11) is 0. The van der Waals surface area contributed by atoms with E-state index in [1.165, 1.54) is 31.2 Å². The molecule has 0 aliphatic carbocycles. The van der Waals surface area contributed by atoms with Gasteiger partial charge in [0.2, 0.25) is 5.91 Å². The molecule has 29 heavy (non-hydrogen) atoms. The van der Waals surface area contributed by atoms with Crippen LogP contribution in [-0.4, -0.2) is 16.0 Å². The Labute approximate surface area is 192 Å². The van der Waals surface area contributed by atoms with Crippen LogP contribution < -0.4 is 11.1 Å².